The zero-order valence-corrected chi connectivity index (χ0v) is 35.8. The van der Waals surface area contributed by atoms with Gasteiger partial charge >= 0.3 is 5.97 Å². The number of hydrogen-bond donors (Lipinski definition) is 13. The van der Waals surface area contributed by atoms with E-state index in [1.54, 1.807) is 20.8 Å². The third-order valence-corrected chi connectivity index (χ3v) is 9.25. The van der Waals surface area contributed by atoms with E-state index in [0.29, 0.717) is 6.42 Å². The van der Waals surface area contributed by atoms with Crippen LogP contribution in [0.2, 0.25) is 0 Å². The smallest absolute Gasteiger partial charge is 0.303 e. The van der Waals surface area contributed by atoms with Crippen molar-refractivity contribution in [2.75, 3.05) is 6.54 Å². The molecular formula is C37H65N13O12. The van der Waals surface area contributed by atoms with Crippen molar-refractivity contribution < 1.29 is 57.8 Å². The number of guanidine groups is 1. The first kappa shape index (κ1) is 55.6. The summed E-state index contributed by atoms with van der Waals surface area (Å²) in [4.78, 5) is 143. The molecule has 0 spiro atoms. The van der Waals surface area contributed by atoms with Gasteiger partial charge in [-0.05, 0) is 44.9 Å². The van der Waals surface area contributed by atoms with E-state index in [-0.39, 0.29) is 50.5 Å². The van der Waals surface area contributed by atoms with Crippen molar-refractivity contribution in [1.82, 2.24) is 31.9 Å². The van der Waals surface area contributed by atoms with Crippen molar-refractivity contribution in [2.24, 2.45) is 51.2 Å². The van der Waals surface area contributed by atoms with Crippen LogP contribution < -0.4 is 66.3 Å². The highest BCUT2D eigenvalue weighted by Crippen LogP contribution is 2.12. The van der Waals surface area contributed by atoms with Crippen LogP contribution in [0.4, 0.5) is 0 Å². The van der Waals surface area contributed by atoms with Crippen LogP contribution in [0.5, 0.6) is 0 Å². The molecule has 0 bridgehead atoms. The normalized spacial score (nSPS) is 14.8. The summed E-state index contributed by atoms with van der Waals surface area (Å²) in [5.74, 6) is -11.7. The lowest BCUT2D eigenvalue weighted by molar-refractivity contribution is -0.139. The van der Waals surface area contributed by atoms with Crippen molar-refractivity contribution in [1.29, 1.82) is 0 Å². The summed E-state index contributed by atoms with van der Waals surface area (Å²) in [6.45, 7) is 7.78. The minimum Gasteiger partial charge on any atom is -0.481 e. The molecule has 0 aliphatic rings. The van der Waals surface area contributed by atoms with E-state index >= 15 is 0 Å². The third kappa shape index (κ3) is 22.3. The van der Waals surface area contributed by atoms with Crippen LogP contribution in [-0.2, 0) is 52.7 Å². The van der Waals surface area contributed by atoms with Crippen molar-refractivity contribution in [3.05, 3.63) is 0 Å². The summed E-state index contributed by atoms with van der Waals surface area (Å²) in [6, 6.07) is -9.24. The molecule has 0 heterocycles. The second-order valence-corrected chi connectivity index (χ2v) is 15.1. The highest BCUT2D eigenvalue weighted by atomic mass is 16.4. The van der Waals surface area contributed by atoms with E-state index in [1.165, 1.54) is 13.8 Å². The van der Waals surface area contributed by atoms with Gasteiger partial charge < -0.3 is 71.4 Å². The number of amides is 9. The Hall–Kier alpha value is -6.40. The molecule has 19 N–H and O–H groups in total. The number of carbonyl (C=O) groups is 11. The van der Waals surface area contributed by atoms with E-state index in [4.69, 9.17) is 34.4 Å². The molecule has 0 radical (unpaired) electrons. The van der Waals surface area contributed by atoms with Gasteiger partial charge in [-0.25, -0.2) is 0 Å². The molecule has 0 aliphatic carbocycles. The number of nitrogens with zero attached hydrogens (tertiary/aromatic N) is 1. The second-order valence-electron chi connectivity index (χ2n) is 15.1. The summed E-state index contributed by atoms with van der Waals surface area (Å²) in [6.07, 6.45) is -2.42. The van der Waals surface area contributed by atoms with Gasteiger partial charge in [0.15, 0.2) is 11.7 Å². The van der Waals surface area contributed by atoms with Gasteiger partial charge in [-0.3, -0.25) is 57.7 Å². The largest absolute Gasteiger partial charge is 0.481 e. The zero-order chi connectivity index (χ0) is 47.9. The lowest BCUT2D eigenvalue weighted by Crippen LogP contribution is -2.57. The molecule has 0 aromatic heterocycles. The number of nitrogens with one attached hydrogen (secondary N) is 6. The van der Waals surface area contributed by atoms with Gasteiger partial charge in [-0.1, -0.05) is 34.1 Å². The first-order valence-electron chi connectivity index (χ1n) is 20.0. The fourth-order valence-corrected chi connectivity index (χ4v) is 5.54. The van der Waals surface area contributed by atoms with Crippen molar-refractivity contribution in [2.45, 2.75) is 141 Å². The summed E-state index contributed by atoms with van der Waals surface area (Å²) >= 11 is 0. The fourth-order valence-electron chi connectivity index (χ4n) is 5.54. The predicted molar refractivity (Wildman–Crippen MR) is 222 cm³/mol. The molecule has 25 heteroatoms. The van der Waals surface area contributed by atoms with Crippen LogP contribution in [0.1, 0.15) is 98.8 Å². The van der Waals surface area contributed by atoms with Crippen LogP contribution in [0, 0.1) is 11.8 Å². The Labute approximate surface area is 359 Å². The lowest BCUT2D eigenvalue weighted by Gasteiger charge is -2.26. The number of Topliss-reactive ketones (excluding diaryl/α,β-unsaturated/α-hetero) is 1. The Balaban J connectivity index is 6.13. The molecule has 8 atom stereocenters. The van der Waals surface area contributed by atoms with E-state index < -0.39 is 139 Å². The molecule has 0 fully saturated rings. The number of carbonyl (C=O) groups excluding carboxylic acids is 10. The molecule has 0 aromatic carbocycles. The molecule has 0 aromatic rings. The number of nitrogens with two attached hydrogens (primary N) is 6. The van der Waals surface area contributed by atoms with E-state index in [1.807, 2.05) is 0 Å². The minimum atomic E-state index is -1.57. The Morgan fingerprint density at radius 3 is 1.55 bits per heavy atom. The number of aliphatic imine (C=N–C) groups is 1. The van der Waals surface area contributed by atoms with Crippen LogP contribution in [-0.4, -0.2) is 125 Å². The SMILES string of the molecule is CCC[C@H](NC(=O)[C@H](CC(N)=O)NC(=O)[C@H](C)NC(=O)[C@@H](N)C(C)C)C(=O)C[C@@H](C)C(=O)N[C@@H](CCC(=O)O)C(=O)N[C@@H](CCCN=C(N)N)C(=O)N[C@@H](CCC(N)=O)C(N)=O. The summed E-state index contributed by atoms with van der Waals surface area (Å²) in [5.41, 5.74) is 32.4. The highest BCUT2D eigenvalue weighted by molar-refractivity contribution is 5.98. The number of rotatable bonds is 31. The average molecular weight is 884 g/mol. The number of carboxylic acid groups (broad SMARTS) is 1. The van der Waals surface area contributed by atoms with Crippen molar-refractivity contribution in [3.63, 3.8) is 0 Å². The van der Waals surface area contributed by atoms with Crippen molar-refractivity contribution in [3.8, 4) is 0 Å². The number of carboxylic acids is 1. The summed E-state index contributed by atoms with van der Waals surface area (Å²) < 4.78 is 0. The molecule has 0 saturated heterocycles. The van der Waals surface area contributed by atoms with Gasteiger partial charge in [-0.15, -0.1) is 0 Å². The first-order chi connectivity index (χ1) is 28.8. The Kier molecular flexibility index (Phi) is 25.3. The predicted octanol–water partition coefficient (Wildman–Crippen LogP) is -5.16. The van der Waals surface area contributed by atoms with E-state index in [2.05, 4.69) is 36.9 Å². The van der Waals surface area contributed by atoms with Gasteiger partial charge in [0.25, 0.3) is 0 Å². The number of ketones is 1. The Morgan fingerprint density at radius 1 is 0.548 bits per heavy atom. The molecule has 25 nitrogen and oxygen atoms in total. The Morgan fingerprint density at radius 2 is 1.05 bits per heavy atom. The molecule has 0 aliphatic heterocycles. The van der Waals surface area contributed by atoms with Gasteiger partial charge in [0.05, 0.1) is 18.5 Å². The maximum Gasteiger partial charge on any atom is 0.303 e. The van der Waals surface area contributed by atoms with Gasteiger partial charge in [0.1, 0.15) is 30.2 Å². The van der Waals surface area contributed by atoms with E-state index in [0.717, 1.165) is 0 Å². The average Bonchev–Trinajstić information content (AvgIpc) is 3.17. The molecule has 350 valence electrons. The topological polar surface area (TPSA) is 449 Å². The van der Waals surface area contributed by atoms with Crippen LogP contribution in [0.15, 0.2) is 4.99 Å². The molecule has 0 saturated carbocycles. The maximum atomic E-state index is 13.6. The fraction of sp³-hybridized carbons (Fsp3) is 0.676. The molecule has 0 rings (SSSR count). The van der Waals surface area contributed by atoms with Crippen LogP contribution in [0.25, 0.3) is 0 Å². The van der Waals surface area contributed by atoms with Gasteiger partial charge in [0.2, 0.25) is 53.2 Å². The molecule has 0 unspecified atom stereocenters. The summed E-state index contributed by atoms with van der Waals surface area (Å²) in [5, 5.41) is 23.8. The summed E-state index contributed by atoms with van der Waals surface area (Å²) in [7, 11) is 0. The van der Waals surface area contributed by atoms with Gasteiger partial charge in [-0.2, -0.15) is 0 Å². The third-order valence-electron chi connectivity index (χ3n) is 9.25. The molecule has 62 heavy (non-hydrogen) atoms. The molecule has 9 amide bonds. The van der Waals surface area contributed by atoms with Crippen molar-refractivity contribution >= 4 is 70.9 Å². The minimum absolute atomic E-state index is 0.0144. The standard InChI is InChI=1S/C37H65N13O12/c1-6-8-20(46-35(61)24(16-27(39)53)50-32(58)19(5)45-36(62)29(40)17(2)3)25(51)15-18(4)31(57)48-23(11-13-28(54)55)34(60)49-22(9-7-14-44-37(42)43)33(59)47-21(30(41)56)10-12-26(38)52/h17-24,29H,6-16,40H2,1-5H3,(H2,38,52)(H2,39,53)(H2,41,56)(H,45,62)(H,46,61)(H,47,59)(H,48,57)(H,49,60)(H,50,58)(H,54,55)(H4,42,43,44)/t18-,19+,20+,21+,22+,23+,24+,29+/m1/s1. The quantitative estimate of drug-likeness (QED) is 0.0176. The highest BCUT2D eigenvalue weighted by Gasteiger charge is 2.33. The van der Waals surface area contributed by atoms with Crippen LogP contribution in [0.3, 0.4) is 0 Å². The molecular weight excluding hydrogens is 818 g/mol. The Bertz CT molecular complexity index is 1650. The lowest BCUT2D eigenvalue weighted by atomic mass is 9.96. The number of aliphatic carboxylic acids is 1. The zero-order valence-electron chi connectivity index (χ0n) is 35.8. The monoisotopic (exact) mass is 883 g/mol. The maximum absolute atomic E-state index is 13.6. The van der Waals surface area contributed by atoms with Gasteiger partial charge in [0, 0.05) is 31.7 Å². The van der Waals surface area contributed by atoms with E-state index in [9.17, 15) is 57.8 Å². The first-order valence-corrected chi connectivity index (χ1v) is 20.0. The second kappa shape index (κ2) is 28.2. The number of primary amides is 3. The van der Waals surface area contributed by atoms with Crippen LogP contribution >= 0.6 is 0 Å². The number of hydrogen-bond acceptors (Lipinski definition) is 13.